The molecule has 0 aliphatic heterocycles. The van der Waals surface area contributed by atoms with Gasteiger partial charge in [0.25, 0.3) is 0 Å². The van der Waals surface area contributed by atoms with Gasteiger partial charge in [-0.05, 0) is 25.8 Å². The highest BCUT2D eigenvalue weighted by Gasteiger charge is 2.18. The van der Waals surface area contributed by atoms with E-state index in [1.807, 2.05) is 0 Å². The number of carbonyl (C=O) groups is 2. The molecule has 5 nitrogen and oxygen atoms in total. The molecule has 4 N–H and O–H groups in total. The highest BCUT2D eigenvalue weighted by Crippen LogP contribution is 2.14. The third-order valence-corrected chi connectivity index (χ3v) is 6.09. The topological polar surface area (TPSA) is 92.4 Å². The third kappa shape index (κ3) is 21.9. The summed E-state index contributed by atoms with van der Waals surface area (Å²) in [5.41, 5.74) is 5.41. The van der Waals surface area contributed by atoms with Gasteiger partial charge < -0.3 is 16.2 Å². The molecule has 0 radical (unpaired) electrons. The van der Waals surface area contributed by atoms with E-state index >= 15 is 0 Å². The minimum Gasteiger partial charge on any atom is -0.480 e. The van der Waals surface area contributed by atoms with Crippen molar-refractivity contribution in [3.05, 3.63) is 0 Å². The van der Waals surface area contributed by atoms with Crippen LogP contribution in [0.3, 0.4) is 0 Å². The lowest BCUT2D eigenvalue weighted by Crippen LogP contribution is -2.40. The van der Waals surface area contributed by atoms with E-state index in [0.29, 0.717) is 25.8 Å². The molecule has 0 saturated heterocycles. The number of amides is 1. The van der Waals surface area contributed by atoms with E-state index in [-0.39, 0.29) is 5.91 Å². The molecule has 0 aromatic carbocycles. The van der Waals surface area contributed by atoms with Gasteiger partial charge >= 0.3 is 5.97 Å². The van der Waals surface area contributed by atoms with Crippen molar-refractivity contribution in [1.29, 1.82) is 0 Å². The summed E-state index contributed by atoms with van der Waals surface area (Å²) < 4.78 is 0. The first-order chi connectivity index (χ1) is 15.1. The van der Waals surface area contributed by atoms with Gasteiger partial charge in [-0.2, -0.15) is 0 Å². The fourth-order valence-corrected chi connectivity index (χ4v) is 4.03. The molecule has 0 heterocycles. The normalized spacial score (nSPS) is 12.1. The van der Waals surface area contributed by atoms with Crippen LogP contribution in [0.4, 0.5) is 0 Å². The number of unbranched alkanes of at least 4 members (excludes halogenated alkanes) is 17. The Morgan fingerprint density at radius 2 is 1.06 bits per heavy atom. The predicted molar refractivity (Wildman–Crippen MR) is 131 cm³/mol. The Balaban J connectivity index is 3.32. The number of aliphatic carboxylic acids is 1. The zero-order valence-corrected chi connectivity index (χ0v) is 20.5. The molecule has 31 heavy (non-hydrogen) atoms. The molecule has 0 aromatic rings. The predicted octanol–water partition coefficient (Wildman–Crippen LogP) is 6.73. The summed E-state index contributed by atoms with van der Waals surface area (Å²) in [5.74, 6) is -1.12. The number of hydrogen-bond donors (Lipinski definition) is 3. The first kappa shape index (κ1) is 29.9. The zero-order valence-electron chi connectivity index (χ0n) is 20.5. The number of carboxylic acids is 1. The maximum Gasteiger partial charge on any atom is 0.326 e. The quantitative estimate of drug-likeness (QED) is 0.145. The molecule has 0 aliphatic rings. The van der Waals surface area contributed by atoms with Gasteiger partial charge in [0.15, 0.2) is 0 Å². The highest BCUT2D eigenvalue weighted by molar-refractivity contribution is 5.83. The Morgan fingerprint density at radius 1 is 0.677 bits per heavy atom. The molecule has 1 amide bonds. The van der Waals surface area contributed by atoms with Crippen molar-refractivity contribution in [1.82, 2.24) is 5.32 Å². The number of carbonyl (C=O) groups excluding carboxylic acids is 1. The molecule has 0 fully saturated rings. The summed E-state index contributed by atoms with van der Waals surface area (Å²) in [4.78, 5) is 23.0. The lowest BCUT2D eigenvalue weighted by Gasteiger charge is -2.13. The summed E-state index contributed by atoms with van der Waals surface area (Å²) in [6.45, 7) is 2.72. The lowest BCUT2D eigenvalue weighted by molar-refractivity contribution is -0.142. The van der Waals surface area contributed by atoms with Crippen molar-refractivity contribution < 1.29 is 14.7 Å². The SMILES string of the molecule is CCCCCCCCCCCCCCCCCCCCC(=O)N[C@@H](CCCN)C(=O)O. The van der Waals surface area contributed by atoms with Crippen LogP contribution in [0.15, 0.2) is 0 Å². The van der Waals surface area contributed by atoms with Crippen molar-refractivity contribution in [3.8, 4) is 0 Å². The Kier molecular flexibility index (Phi) is 22.7. The smallest absolute Gasteiger partial charge is 0.326 e. The van der Waals surface area contributed by atoms with Crippen molar-refractivity contribution >= 4 is 11.9 Å². The lowest BCUT2D eigenvalue weighted by atomic mass is 10.0. The van der Waals surface area contributed by atoms with E-state index < -0.39 is 12.0 Å². The van der Waals surface area contributed by atoms with Gasteiger partial charge in [0.2, 0.25) is 5.91 Å². The number of nitrogens with two attached hydrogens (primary N) is 1. The number of nitrogens with one attached hydrogen (secondary N) is 1. The summed E-state index contributed by atoms with van der Waals surface area (Å²) >= 11 is 0. The van der Waals surface area contributed by atoms with Gasteiger partial charge in [-0.1, -0.05) is 116 Å². The average molecular weight is 441 g/mol. The van der Waals surface area contributed by atoms with Crippen LogP contribution in [0.25, 0.3) is 0 Å². The summed E-state index contributed by atoms with van der Waals surface area (Å²) in [7, 11) is 0. The van der Waals surface area contributed by atoms with Crippen molar-refractivity contribution in [2.24, 2.45) is 5.73 Å². The molecule has 0 aromatic heterocycles. The molecular formula is C26H52N2O3. The largest absolute Gasteiger partial charge is 0.480 e. The first-order valence-electron chi connectivity index (χ1n) is 13.3. The molecule has 5 heteroatoms. The van der Waals surface area contributed by atoms with Crippen LogP contribution in [-0.2, 0) is 9.59 Å². The molecule has 1 atom stereocenters. The monoisotopic (exact) mass is 440 g/mol. The molecular weight excluding hydrogens is 388 g/mol. The minimum absolute atomic E-state index is 0.152. The molecule has 0 bridgehead atoms. The maximum absolute atomic E-state index is 11.9. The average Bonchev–Trinajstić information content (AvgIpc) is 2.75. The van der Waals surface area contributed by atoms with Crippen molar-refractivity contribution in [2.75, 3.05) is 6.54 Å². The van der Waals surface area contributed by atoms with E-state index in [4.69, 9.17) is 10.8 Å². The summed E-state index contributed by atoms with van der Waals surface area (Å²) in [5, 5.41) is 11.7. The van der Waals surface area contributed by atoms with E-state index in [0.717, 1.165) is 12.8 Å². The molecule has 0 rings (SSSR count). The second-order valence-electron chi connectivity index (χ2n) is 9.15. The van der Waals surface area contributed by atoms with Crippen LogP contribution >= 0.6 is 0 Å². The second-order valence-corrected chi connectivity index (χ2v) is 9.15. The highest BCUT2D eigenvalue weighted by atomic mass is 16.4. The van der Waals surface area contributed by atoms with E-state index in [1.54, 1.807) is 0 Å². The van der Waals surface area contributed by atoms with Crippen LogP contribution in [0, 0.1) is 0 Å². The Labute approximate surface area is 192 Å². The van der Waals surface area contributed by atoms with Crippen LogP contribution in [0.1, 0.15) is 142 Å². The number of carboxylic acid groups (broad SMARTS) is 1. The second kappa shape index (κ2) is 23.6. The fraction of sp³-hybridized carbons (Fsp3) is 0.923. The van der Waals surface area contributed by atoms with Gasteiger partial charge in [0.05, 0.1) is 0 Å². The summed E-state index contributed by atoms with van der Waals surface area (Å²) in [6.07, 6.45) is 25.2. The van der Waals surface area contributed by atoms with Gasteiger partial charge in [-0.25, -0.2) is 4.79 Å². The van der Waals surface area contributed by atoms with Crippen LogP contribution in [0.2, 0.25) is 0 Å². The minimum atomic E-state index is -0.973. The maximum atomic E-state index is 11.9. The van der Waals surface area contributed by atoms with Crippen LogP contribution < -0.4 is 11.1 Å². The Bertz CT molecular complexity index is 415. The standard InChI is InChI=1S/C26H52N2O3/c1-2-3-4-5-6-7-8-9-10-11-12-13-14-15-16-17-18-19-22-25(29)28-24(26(30)31)21-20-23-27/h24H,2-23,27H2,1H3,(H,28,29)(H,30,31)/t24-/m0/s1. The van der Waals surface area contributed by atoms with E-state index in [9.17, 15) is 9.59 Å². The third-order valence-electron chi connectivity index (χ3n) is 6.09. The Hall–Kier alpha value is -1.10. The summed E-state index contributed by atoms with van der Waals surface area (Å²) in [6, 6.07) is -0.799. The van der Waals surface area contributed by atoms with Crippen LogP contribution in [-0.4, -0.2) is 29.6 Å². The van der Waals surface area contributed by atoms with E-state index in [2.05, 4.69) is 12.2 Å². The van der Waals surface area contributed by atoms with Gasteiger partial charge in [-0.3, -0.25) is 4.79 Å². The molecule has 0 aliphatic carbocycles. The zero-order chi connectivity index (χ0) is 23.0. The van der Waals surface area contributed by atoms with Crippen molar-refractivity contribution in [3.63, 3.8) is 0 Å². The Morgan fingerprint density at radius 3 is 1.42 bits per heavy atom. The van der Waals surface area contributed by atoms with E-state index in [1.165, 1.54) is 103 Å². The number of hydrogen-bond acceptors (Lipinski definition) is 3. The molecule has 0 saturated carbocycles. The van der Waals surface area contributed by atoms with Crippen LogP contribution in [0.5, 0.6) is 0 Å². The molecule has 0 spiro atoms. The molecule has 0 unspecified atom stereocenters. The fourth-order valence-electron chi connectivity index (χ4n) is 4.03. The van der Waals surface area contributed by atoms with Crippen molar-refractivity contribution in [2.45, 2.75) is 148 Å². The van der Waals surface area contributed by atoms with Gasteiger partial charge in [0, 0.05) is 6.42 Å². The first-order valence-corrected chi connectivity index (χ1v) is 13.3. The number of rotatable bonds is 24. The van der Waals surface area contributed by atoms with Gasteiger partial charge in [-0.15, -0.1) is 0 Å². The van der Waals surface area contributed by atoms with Gasteiger partial charge in [0.1, 0.15) is 6.04 Å². The molecule has 184 valence electrons.